The minimum Gasteiger partial charge on any atom is -0.507 e. The van der Waals surface area contributed by atoms with Crippen molar-refractivity contribution < 1.29 is 15.3 Å². The van der Waals surface area contributed by atoms with Crippen molar-refractivity contribution in [2.75, 3.05) is 33.2 Å². The Balaban J connectivity index is 2.07. The van der Waals surface area contributed by atoms with Crippen LogP contribution in [0.15, 0.2) is 17.2 Å². The number of nitrogens with zero attached hydrogens (tertiary/aromatic N) is 3. The summed E-state index contributed by atoms with van der Waals surface area (Å²) in [4.78, 5) is 2.22. The van der Waals surface area contributed by atoms with Crippen LogP contribution < -0.4 is 0 Å². The number of phenolic OH excluding ortho intramolecular Hbond substituents is 3. The molecule has 1 saturated heterocycles. The zero-order valence-corrected chi connectivity index (χ0v) is 10.2. The average molecular weight is 251 g/mol. The van der Waals surface area contributed by atoms with Gasteiger partial charge in [-0.05, 0) is 13.1 Å². The van der Waals surface area contributed by atoms with E-state index in [4.69, 9.17) is 0 Å². The Morgan fingerprint density at radius 3 is 2.28 bits per heavy atom. The summed E-state index contributed by atoms with van der Waals surface area (Å²) in [5.74, 6) is -0.722. The number of hydrazone groups is 1. The Kier molecular flexibility index (Phi) is 3.57. The largest absolute Gasteiger partial charge is 0.507 e. The monoisotopic (exact) mass is 251 g/mol. The maximum atomic E-state index is 9.60. The number of benzene rings is 1. The summed E-state index contributed by atoms with van der Waals surface area (Å²) in [6, 6.07) is 2.38. The highest BCUT2D eigenvalue weighted by atomic mass is 16.3. The first kappa shape index (κ1) is 12.5. The first-order valence-electron chi connectivity index (χ1n) is 5.78. The molecule has 1 fully saturated rings. The van der Waals surface area contributed by atoms with Gasteiger partial charge in [0.1, 0.15) is 5.75 Å². The molecule has 0 unspecified atom stereocenters. The Labute approximate surface area is 105 Å². The Morgan fingerprint density at radius 1 is 1.00 bits per heavy atom. The molecule has 0 saturated carbocycles. The Morgan fingerprint density at radius 2 is 1.61 bits per heavy atom. The van der Waals surface area contributed by atoms with Crippen LogP contribution in [0, 0.1) is 0 Å². The standard InChI is InChI=1S/C12H17N3O3/c1-14-2-4-15(5-3-14)13-8-9-6-11(17)12(18)7-10(9)16/h6-8,16-18H,2-5H2,1H3/b13-8+. The van der Waals surface area contributed by atoms with Crippen LogP contribution in [0.5, 0.6) is 17.2 Å². The van der Waals surface area contributed by atoms with Gasteiger partial charge in [0.05, 0.1) is 6.21 Å². The van der Waals surface area contributed by atoms with Crippen LogP contribution in [0.1, 0.15) is 5.56 Å². The number of phenols is 3. The molecule has 6 nitrogen and oxygen atoms in total. The van der Waals surface area contributed by atoms with Crippen LogP contribution in [-0.2, 0) is 0 Å². The third-order valence-electron chi connectivity index (χ3n) is 2.96. The average Bonchev–Trinajstić information content (AvgIpc) is 2.34. The van der Waals surface area contributed by atoms with Crippen molar-refractivity contribution in [3.63, 3.8) is 0 Å². The molecule has 3 N–H and O–H groups in total. The summed E-state index contributed by atoms with van der Waals surface area (Å²) in [6.45, 7) is 3.56. The second kappa shape index (κ2) is 5.14. The summed E-state index contributed by atoms with van der Waals surface area (Å²) in [6.07, 6.45) is 1.49. The van der Waals surface area contributed by atoms with Crippen LogP contribution in [0.25, 0.3) is 0 Å². The quantitative estimate of drug-likeness (QED) is 0.402. The molecule has 2 rings (SSSR count). The van der Waals surface area contributed by atoms with E-state index in [0.29, 0.717) is 5.56 Å². The molecule has 98 valence electrons. The van der Waals surface area contributed by atoms with Gasteiger partial charge in [-0.25, -0.2) is 0 Å². The molecule has 0 amide bonds. The predicted octanol–water partition coefficient (Wildman–Crippen LogP) is 0.385. The normalized spacial score (nSPS) is 17.5. The Bertz CT molecular complexity index is 454. The zero-order valence-electron chi connectivity index (χ0n) is 10.2. The first-order chi connectivity index (χ1) is 8.56. The molecular weight excluding hydrogens is 234 g/mol. The molecule has 18 heavy (non-hydrogen) atoms. The summed E-state index contributed by atoms with van der Waals surface area (Å²) >= 11 is 0. The zero-order chi connectivity index (χ0) is 13.1. The SMILES string of the molecule is CN1CCN(/N=C/c2cc(O)c(O)cc2O)CC1. The highest BCUT2D eigenvalue weighted by molar-refractivity contribution is 5.84. The maximum Gasteiger partial charge on any atom is 0.161 e. The molecule has 0 radical (unpaired) electrons. The molecule has 0 spiro atoms. The Hall–Kier alpha value is -1.95. The van der Waals surface area contributed by atoms with E-state index in [2.05, 4.69) is 17.0 Å². The highest BCUT2D eigenvalue weighted by Crippen LogP contribution is 2.31. The lowest BCUT2D eigenvalue weighted by Gasteiger charge is -2.30. The van der Waals surface area contributed by atoms with E-state index >= 15 is 0 Å². The molecule has 0 bridgehead atoms. The van der Waals surface area contributed by atoms with Gasteiger partial charge in [-0.2, -0.15) is 5.10 Å². The van der Waals surface area contributed by atoms with Crippen molar-refractivity contribution in [3.8, 4) is 17.2 Å². The number of piperazine rings is 1. The lowest BCUT2D eigenvalue weighted by molar-refractivity contribution is 0.159. The number of aromatic hydroxyl groups is 3. The van der Waals surface area contributed by atoms with Crippen molar-refractivity contribution in [1.29, 1.82) is 0 Å². The highest BCUT2D eigenvalue weighted by Gasteiger charge is 2.11. The first-order valence-corrected chi connectivity index (χ1v) is 5.78. The second-order valence-corrected chi connectivity index (χ2v) is 4.40. The third-order valence-corrected chi connectivity index (χ3v) is 2.96. The molecule has 1 aliphatic heterocycles. The van der Waals surface area contributed by atoms with Gasteiger partial charge in [0.2, 0.25) is 0 Å². The van der Waals surface area contributed by atoms with Crippen LogP contribution in [0.4, 0.5) is 0 Å². The summed E-state index contributed by atoms with van der Waals surface area (Å²) in [7, 11) is 2.06. The van der Waals surface area contributed by atoms with E-state index in [1.807, 2.05) is 5.01 Å². The second-order valence-electron chi connectivity index (χ2n) is 4.40. The number of hydrogen-bond donors (Lipinski definition) is 3. The van der Waals surface area contributed by atoms with Crippen LogP contribution >= 0.6 is 0 Å². The fourth-order valence-corrected chi connectivity index (χ4v) is 1.74. The number of hydrogen-bond acceptors (Lipinski definition) is 6. The van der Waals surface area contributed by atoms with Crippen molar-refractivity contribution in [1.82, 2.24) is 9.91 Å². The summed E-state index contributed by atoms with van der Waals surface area (Å²) in [5.41, 5.74) is 0.379. The van der Waals surface area contributed by atoms with E-state index in [1.165, 1.54) is 12.3 Å². The molecule has 1 heterocycles. The molecule has 6 heteroatoms. The van der Waals surface area contributed by atoms with Gasteiger partial charge in [-0.1, -0.05) is 0 Å². The van der Waals surface area contributed by atoms with Gasteiger partial charge in [0.15, 0.2) is 11.5 Å². The predicted molar refractivity (Wildman–Crippen MR) is 68.1 cm³/mol. The molecule has 0 atom stereocenters. The number of likely N-dealkylation sites (N-methyl/N-ethyl adjacent to an activating group) is 1. The van der Waals surface area contributed by atoms with Gasteiger partial charge < -0.3 is 20.2 Å². The molecule has 0 aromatic heterocycles. The summed E-state index contributed by atoms with van der Waals surface area (Å²) < 4.78 is 0. The summed E-state index contributed by atoms with van der Waals surface area (Å²) in [5, 5.41) is 34.3. The van der Waals surface area contributed by atoms with Crippen molar-refractivity contribution >= 4 is 6.21 Å². The number of rotatable bonds is 2. The smallest absolute Gasteiger partial charge is 0.161 e. The lowest BCUT2D eigenvalue weighted by atomic mass is 10.2. The molecule has 1 aliphatic rings. The van der Waals surface area contributed by atoms with Crippen molar-refractivity contribution in [2.45, 2.75) is 0 Å². The molecular formula is C12H17N3O3. The topological polar surface area (TPSA) is 79.5 Å². The van der Waals surface area contributed by atoms with E-state index in [0.717, 1.165) is 32.2 Å². The fourth-order valence-electron chi connectivity index (χ4n) is 1.74. The van der Waals surface area contributed by atoms with Crippen molar-refractivity contribution in [2.24, 2.45) is 5.10 Å². The van der Waals surface area contributed by atoms with Gasteiger partial charge >= 0.3 is 0 Å². The van der Waals surface area contributed by atoms with Crippen LogP contribution in [0.3, 0.4) is 0 Å². The lowest BCUT2D eigenvalue weighted by Crippen LogP contribution is -2.41. The third kappa shape index (κ3) is 2.84. The van der Waals surface area contributed by atoms with E-state index in [9.17, 15) is 15.3 Å². The van der Waals surface area contributed by atoms with E-state index in [-0.39, 0.29) is 17.2 Å². The van der Waals surface area contributed by atoms with E-state index < -0.39 is 0 Å². The van der Waals surface area contributed by atoms with Crippen LogP contribution in [-0.4, -0.2) is 64.7 Å². The van der Waals surface area contributed by atoms with Gasteiger partial charge in [0, 0.05) is 37.8 Å². The maximum absolute atomic E-state index is 9.60. The minimum absolute atomic E-state index is 0.108. The van der Waals surface area contributed by atoms with Gasteiger partial charge in [0.25, 0.3) is 0 Å². The van der Waals surface area contributed by atoms with Gasteiger partial charge in [-0.15, -0.1) is 0 Å². The van der Waals surface area contributed by atoms with Gasteiger partial charge in [-0.3, -0.25) is 5.01 Å². The minimum atomic E-state index is -0.343. The fraction of sp³-hybridized carbons (Fsp3) is 0.417. The molecule has 1 aromatic rings. The molecule has 1 aromatic carbocycles. The van der Waals surface area contributed by atoms with E-state index in [1.54, 1.807) is 0 Å². The molecule has 0 aliphatic carbocycles. The van der Waals surface area contributed by atoms with Crippen molar-refractivity contribution in [3.05, 3.63) is 17.7 Å². The van der Waals surface area contributed by atoms with Crippen LogP contribution in [0.2, 0.25) is 0 Å².